The molecule has 1 amide bonds. The van der Waals surface area contributed by atoms with Gasteiger partial charge in [0.1, 0.15) is 11.3 Å². The number of carbonyl (C=O) groups excluding carboxylic acids is 1. The summed E-state index contributed by atoms with van der Waals surface area (Å²) in [6, 6.07) is 0.0728. The van der Waals surface area contributed by atoms with E-state index in [0.717, 1.165) is 12.8 Å². The van der Waals surface area contributed by atoms with E-state index in [1.54, 1.807) is 32.4 Å². The van der Waals surface area contributed by atoms with E-state index in [-0.39, 0.29) is 24.2 Å². The van der Waals surface area contributed by atoms with Gasteiger partial charge in [0, 0.05) is 19.8 Å². The molecule has 27 heavy (non-hydrogen) atoms. The van der Waals surface area contributed by atoms with E-state index >= 15 is 0 Å². The Morgan fingerprint density at radius 2 is 2.07 bits per heavy atom. The largest absolute Gasteiger partial charge is 0.472 e. The van der Waals surface area contributed by atoms with Gasteiger partial charge in [-0.2, -0.15) is 0 Å². The maximum atomic E-state index is 11.6. The molecule has 0 saturated carbocycles. The SMILES string of the molecule is Cc1c([N+](=O)[O-])c(OCCCNC(=O)OC(C)(C)C)nn1C1CCOCC1. The van der Waals surface area contributed by atoms with Crippen molar-refractivity contribution in [3.63, 3.8) is 0 Å². The second-order valence-electron chi connectivity index (χ2n) is 7.42. The molecule has 1 fully saturated rings. The molecule has 1 aliphatic heterocycles. The zero-order valence-corrected chi connectivity index (χ0v) is 16.3. The van der Waals surface area contributed by atoms with Crippen LogP contribution in [0, 0.1) is 17.0 Å². The van der Waals surface area contributed by atoms with Crippen molar-refractivity contribution in [1.29, 1.82) is 0 Å². The summed E-state index contributed by atoms with van der Waals surface area (Å²) in [5.41, 5.74) is -0.189. The third-order valence-corrected chi connectivity index (χ3v) is 4.03. The van der Waals surface area contributed by atoms with E-state index in [1.165, 1.54) is 0 Å². The monoisotopic (exact) mass is 384 g/mol. The maximum Gasteiger partial charge on any atom is 0.407 e. The third-order valence-electron chi connectivity index (χ3n) is 4.03. The Bertz CT molecular complexity index is 661. The number of amides is 1. The number of nitro groups is 1. The summed E-state index contributed by atoms with van der Waals surface area (Å²) < 4.78 is 17.7. The number of aromatic nitrogens is 2. The molecule has 0 bridgehead atoms. The predicted octanol–water partition coefficient (Wildman–Crippen LogP) is 2.74. The van der Waals surface area contributed by atoms with Gasteiger partial charge >= 0.3 is 17.7 Å². The molecule has 2 heterocycles. The van der Waals surface area contributed by atoms with E-state index in [4.69, 9.17) is 14.2 Å². The number of nitrogens with one attached hydrogen (secondary N) is 1. The average molecular weight is 384 g/mol. The van der Waals surface area contributed by atoms with Crippen LogP contribution in [0.3, 0.4) is 0 Å². The number of carbonyl (C=O) groups is 1. The minimum atomic E-state index is -0.560. The molecule has 10 heteroatoms. The van der Waals surface area contributed by atoms with Crippen molar-refractivity contribution in [3.05, 3.63) is 15.8 Å². The quantitative estimate of drug-likeness (QED) is 0.436. The number of ether oxygens (including phenoxy) is 3. The topological polar surface area (TPSA) is 118 Å². The normalized spacial score (nSPS) is 15.4. The van der Waals surface area contributed by atoms with Crippen molar-refractivity contribution < 1.29 is 23.9 Å². The number of hydrogen-bond acceptors (Lipinski definition) is 7. The van der Waals surface area contributed by atoms with Crippen LogP contribution in [0.4, 0.5) is 10.5 Å². The van der Waals surface area contributed by atoms with E-state index < -0.39 is 16.6 Å². The lowest BCUT2D eigenvalue weighted by Crippen LogP contribution is -2.33. The zero-order chi connectivity index (χ0) is 20.0. The van der Waals surface area contributed by atoms with Gasteiger partial charge in [0.15, 0.2) is 0 Å². The molecule has 0 aromatic carbocycles. The molecule has 1 aliphatic rings. The first kappa shape index (κ1) is 20.9. The Morgan fingerprint density at radius 3 is 2.67 bits per heavy atom. The van der Waals surface area contributed by atoms with Crippen LogP contribution in [0.15, 0.2) is 0 Å². The molecule has 1 aromatic rings. The molecule has 1 saturated heterocycles. The first-order valence-corrected chi connectivity index (χ1v) is 9.10. The second-order valence-corrected chi connectivity index (χ2v) is 7.42. The maximum absolute atomic E-state index is 11.6. The Labute approximate surface area is 158 Å². The Balaban J connectivity index is 1.90. The van der Waals surface area contributed by atoms with Gasteiger partial charge in [0.25, 0.3) is 0 Å². The molecule has 0 aliphatic carbocycles. The van der Waals surface area contributed by atoms with E-state index in [1.807, 2.05) is 0 Å². The van der Waals surface area contributed by atoms with Crippen molar-refractivity contribution in [3.8, 4) is 5.88 Å². The van der Waals surface area contributed by atoms with Crippen LogP contribution in [0.25, 0.3) is 0 Å². The van der Waals surface area contributed by atoms with Crippen LogP contribution in [0.1, 0.15) is 51.8 Å². The standard InChI is InChI=1S/C17H28N4O6/c1-12-14(21(23)24)15(19-20(12)13-6-10-25-11-7-13)26-9-5-8-18-16(22)27-17(2,3)4/h13H,5-11H2,1-4H3,(H,18,22). The molecule has 2 rings (SSSR count). The lowest BCUT2D eigenvalue weighted by Gasteiger charge is -2.22. The van der Waals surface area contributed by atoms with Gasteiger partial charge in [0.05, 0.1) is 17.6 Å². The van der Waals surface area contributed by atoms with Gasteiger partial charge in [-0.15, -0.1) is 5.10 Å². The summed E-state index contributed by atoms with van der Waals surface area (Å²) in [5, 5.41) is 18.4. The fraction of sp³-hybridized carbons (Fsp3) is 0.765. The number of hydrogen-bond donors (Lipinski definition) is 1. The highest BCUT2D eigenvalue weighted by Crippen LogP contribution is 2.34. The van der Waals surface area contributed by atoms with Crippen molar-refractivity contribution in [2.75, 3.05) is 26.4 Å². The number of rotatable bonds is 7. The molecule has 0 atom stereocenters. The van der Waals surface area contributed by atoms with E-state index in [2.05, 4.69) is 10.4 Å². The summed E-state index contributed by atoms with van der Waals surface area (Å²) in [6.07, 6.45) is 1.49. The van der Waals surface area contributed by atoms with Crippen molar-refractivity contribution in [2.24, 2.45) is 0 Å². The van der Waals surface area contributed by atoms with E-state index in [9.17, 15) is 14.9 Å². The average Bonchev–Trinajstić information content (AvgIpc) is 2.90. The fourth-order valence-corrected chi connectivity index (χ4v) is 2.82. The fourth-order valence-electron chi connectivity index (χ4n) is 2.82. The molecule has 152 valence electrons. The molecule has 0 radical (unpaired) electrons. The molecular formula is C17H28N4O6. The second kappa shape index (κ2) is 9.03. The van der Waals surface area contributed by atoms with Crippen molar-refractivity contribution in [2.45, 2.75) is 58.6 Å². The van der Waals surface area contributed by atoms with Gasteiger partial charge in [-0.05, 0) is 47.0 Å². The predicted molar refractivity (Wildman–Crippen MR) is 97.1 cm³/mol. The Morgan fingerprint density at radius 1 is 1.41 bits per heavy atom. The van der Waals surface area contributed by atoms with Gasteiger partial charge in [-0.1, -0.05) is 0 Å². The number of nitrogens with zero attached hydrogens (tertiary/aromatic N) is 3. The molecule has 0 spiro atoms. The number of alkyl carbamates (subject to hydrolysis) is 1. The van der Waals surface area contributed by atoms with Crippen molar-refractivity contribution in [1.82, 2.24) is 15.1 Å². The lowest BCUT2D eigenvalue weighted by molar-refractivity contribution is -0.386. The summed E-state index contributed by atoms with van der Waals surface area (Å²) in [7, 11) is 0. The smallest absolute Gasteiger partial charge is 0.407 e. The molecular weight excluding hydrogens is 356 g/mol. The first-order chi connectivity index (χ1) is 12.7. The lowest BCUT2D eigenvalue weighted by atomic mass is 10.1. The summed E-state index contributed by atoms with van der Waals surface area (Å²) in [4.78, 5) is 22.5. The minimum absolute atomic E-state index is 0.0151. The highest BCUT2D eigenvalue weighted by Gasteiger charge is 2.30. The summed E-state index contributed by atoms with van der Waals surface area (Å²) in [5.74, 6) is 0.0151. The van der Waals surface area contributed by atoms with Gasteiger partial charge < -0.3 is 19.5 Å². The molecule has 10 nitrogen and oxygen atoms in total. The van der Waals surface area contributed by atoms with Crippen molar-refractivity contribution >= 4 is 11.8 Å². The van der Waals surface area contributed by atoms with Crippen LogP contribution in [0.2, 0.25) is 0 Å². The Hall–Kier alpha value is -2.36. The molecule has 0 unspecified atom stereocenters. The molecule has 1 aromatic heterocycles. The summed E-state index contributed by atoms with van der Waals surface area (Å²) >= 11 is 0. The van der Waals surface area contributed by atoms with Crippen LogP contribution < -0.4 is 10.1 Å². The summed E-state index contributed by atoms with van der Waals surface area (Å²) in [6.45, 7) is 8.79. The first-order valence-electron chi connectivity index (χ1n) is 9.10. The highest BCUT2D eigenvalue weighted by atomic mass is 16.6. The Kier molecular flexibility index (Phi) is 7.00. The zero-order valence-electron chi connectivity index (χ0n) is 16.3. The van der Waals surface area contributed by atoms with E-state index in [0.29, 0.717) is 31.9 Å². The van der Waals surface area contributed by atoms with Gasteiger partial charge in [-0.3, -0.25) is 14.8 Å². The van der Waals surface area contributed by atoms with Crippen LogP contribution in [-0.2, 0) is 9.47 Å². The van der Waals surface area contributed by atoms with Crippen LogP contribution in [-0.4, -0.2) is 52.8 Å². The third kappa shape index (κ3) is 6.09. The van der Waals surface area contributed by atoms with Crippen LogP contribution >= 0.6 is 0 Å². The van der Waals surface area contributed by atoms with Crippen LogP contribution in [0.5, 0.6) is 5.88 Å². The minimum Gasteiger partial charge on any atom is -0.472 e. The van der Waals surface area contributed by atoms with Gasteiger partial charge in [0.2, 0.25) is 0 Å². The molecule has 1 N–H and O–H groups in total. The van der Waals surface area contributed by atoms with Gasteiger partial charge in [-0.25, -0.2) is 4.79 Å². The highest BCUT2D eigenvalue weighted by molar-refractivity contribution is 5.67.